The minimum absolute atomic E-state index is 0.294. The van der Waals surface area contributed by atoms with Gasteiger partial charge in [0.25, 0.3) is 5.91 Å². The van der Waals surface area contributed by atoms with Gasteiger partial charge >= 0.3 is 5.97 Å². The number of nitrogens with one attached hydrogen (secondary N) is 2. The molecule has 0 saturated heterocycles. The van der Waals surface area contributed by atoms with Gasteiger partial charge in [-0.3, -0.25) is 9.59 Å². The number of ether oxygens (including phenoxy) is 1. The van der Waals surface area contributed by atoms with Crippen LogP contribution in [0, 0.1) is 11.7 Å². The monoisotopic (exact) mass is 386 g/mol. The van der Waals surface area contributed by atoms with Crippen LogP contribution < -0.4 is 10.6 Å². The Balaban J connectivity index is 1.71. The molecule has 2 aromatic rings. The van der Waals surface area contributed by atoms with Crippen molar-refractivity contribution >= 4 is 23.5 Å². The van der Waals surface area contributed by atoms with E-state index in [0.29, 0.717) is 17.2 Å². The lowest BCUT2D eigenvalue weighted by molar-refractivity contribution is -0.126. The van der Waals surface area contributed by atoms with Crippen molar-refractivity contribution in [3.05, 3.63) is 65.5 Å². The van der Waals surface area contributed by atoms with Crippen molar-refractivity contribution in [3.63, 3.8) is 0 Å². The third-order valence-corrected chi connectivity index (χ3v) is 3.74. The molecule has 2 N–H and O–H groups in total. The molecule has 148 valence electrons. The van der Waals surface area contributed by atoms with Gasteiger partial charge in [0.1, 0.15) is 5.82 Å². The number of hydrogen-bond acceptors (Lipinski definition) is 4. The molecule has 0 unspecified atom stereocenters. The fourth-order valence-corrected chi connectivity index (χ4v) is 2.43. The molecule has 0 aliphatic rings. The minimum atomic E-state index is -0.609. The summed E-state index contributed by atoms with van der Waals surface area (Å²) in [7, 11) is 0. The number of rotatable bonds is 8. The highest BCUT2D eigenvalue weighted by atomic mass is 19.1. The number of amides is 2. The molecule has 0 atom stereocenters. The predicted molar refractivity (Wildman–Crippen MR) is 103 cm³/mol. The van der Waals surface area contributed by atoms with Crippen LogP contribution in [-0.2, 0) is 20.7 Å². The second-order valence-corrected chi connectivity index (χ2v) is 6.70. The van der Waals surface area contributed by atoms with Gasteiger partial charge in [-0.05, 0) is 54.3 Å². The summed E-state index contributed by atoms with van der Waals surface area (Å²) in [6, 6.07) is 12.3. The van der Waals surface area contributed by atoms with Gasteiger partial charge in [-0.1, -0.05) is 26.0 Å². The molecule has 0 spiro atoms. The van der Waals surface area contributed by atoms with Crippen LogP contribution >= 0.6 is 0 Å². The van der Waals surface area contributed by atoms with Crippen LogP contribution in [0.4, 0.5) is 10.1 Å². The second-order valence-electron chi connectivity index (χ2n) is 6.70. The van der Waals surface area contributed by atoms with Crippen molar-refractivity contribution in [3.8, 4) is 0 Å². The number of carbonyl (C=O) groups is 3. The number of hydrogen-bond donors (Lipinski definition) is 2. The molecule has 0 aliphatic heterocycles. The highest BCUT2D eigenvalue weighted by Gasteiger charge is 2.11. The van der Waals surface area contributed by atoms with Crippen LogP contribution in [0.3, 0.4) is 0 Å². The quantitative estimate of drug-likeness (QED) is 0.683. The van der Waals surface area contributed by atoms with E-state index in [1.807, 2.05) is 12.1 Å². The van der Waals surface area contributed by atoms with E-state index in [-0.39, 0.29) is 6.54 Å². The molecule has 0 heterocycles. The maximum absolute atomic E-state index is 12.8. The molecule has 0 aromatic heterocycles. The Hall–Kier alpha value is -3.22. The topological polar surface area (TPSA) is 84.5 Å². The van der Waals surface area contributed by atoms with Gasteiger partial charge in [0.2, 0.25) is 5.91 Å². The van der Waals surface area contributed by atoms with Gasteiger partial charge in [0.15, 0.2) is 6.61 Å². The second kappa shape index (κ2) is 10.2. The highest BCUT2D eigenvalue weighted by Crippen LogP contribution is 2.11. The molecule has 28 heavy (non-hydrogen) atoms. The zero-order valence-corrected chi connectivity index (χ0v) is 15.8. The van der Waals surface area contributed by atoms with Crippen molar-refractivity contribution in [2.24, 2.45) is 5.92 Å². The van der Waals surface area contributed by atoms with Crippen molar-refractivity contribution < 1.29 is 23.5 Å². The lowest BCUT2D eigenvalue weighted by Gasteiger charge is -2.08. The third kappa shape index (κ3) is 7.19. The van der Waals surface area contributed by atoms with Crippen LogP contribution in [0.25, 0.3) is 0 Å². The summed E-state index contributed by atoms with van der Waals surface area (Å²) in [5.41, 5.74) is 1.89. The van der Waals surface area contributed by atoms with E-state index in [2.05, 4.69) is 24.5 Å². The molecular formula is C21H23FN2O4. The molecule has 2 aromatic carbocycles. The van der Waals surface area contributed by atoms with E-state index in [4.69, 9.17) is 4.74 Å². The van der Waals surface area contributed by atoms with Gasteiger partial charge in [0, 0.05) is 5.69 Å². The predicted octanol–water partition coefficient (Wildman–Crippen LogP) is 2.94. The standard InChI is InChI=1S/C21H23FN2O4/c1-14(2)11-15-3-5-16(6-4-15)21(27)28-13-20(26)23-12-19(25)24-18-9-7-17(22)8-10-18/h3-10,14H,11-13H2,1-2H3,(H,23,26)(H,24,25). The zero-order valence-electron chi connectivity index (χ0n) is 15.8. The van der Waals surface area contributed by atoms with E-state index in [1.165, 1.54) is 24.3 Å². The van der Waals surface area contributed by atoms with Crippen LogP contribution in [-0.4, -0.2) is 30.9 Å². The molecule has 7 heteroatoms. The fraction of sp³-hybridized carbons (Fsp3) is 0.286. The Morgan fingerprint density at radius 1 is 0.964 bits per heavy atom. The number of benzene rings is 2. The van der Waals surface area contributed by atoms with Crippen LogP contribution in [0.15, 0.2) is 48.5 Å². The summed E-state index contributed by atoms with van der Waals surface area (Å²) in [5, 5.41) is 4.86. The smallest absolute Gasteiger partial charge is 0.338 e. The Bertz CT molecular complexity index is 817. The van der Waals surface area contributed by atoms with Crippen molar-refractivity contribution in [2.45, 2.75) is 20.3 Å². The van der Waals surface area contributed by atoms with Crippen molar-refractivity contribution in [1.29, 1.82) is 0 Å². The molecule has 0 bridgehead atoms. The average Bonchev–Trinajstić information content (AvgIpc) is 2.66. The molecule has 0 saturated carbocycles. The van der Waals surface area contributed by atoms with Crippen LogP contribution in [0.2, 0.25) is 0 Å². The first kappa shape index (κ1) is 21.1. The average molecular weight is 386 g/mol. The maximum Gasteiger partial charge on any atom is 0.338 e. The van der Waals surface area contributed by atoms with Crippen molar-refractivity contribution in [1.82, 2.24) is 5.32 Å². The van der Waals surface area contributed by atoms with E-state index in [1.54, 1.807) is 12.1 Å². The van der Waals surface area contributed by atoms with Gasteiger partial charge in [-0.15, -0.1) is 0 Å². The van der Waals surface area contributed by atoms with Gasteiger partial charge in [0.05, 0.1) is 12.1 Å². The number of halogens is 1. The van der Waals surface area contributed by atoms with Gasteiger partial charge in [-0.25, -0.2) is 9.18 Å². The first-order valence-corrected chi connectivity index (χ1v) is 8.91. The Morgan fingerprint density at radius 2 is 1.61 bits per heavy atom. The SMILES string of the molecule is CC(C)Cc1ccc(C(=O)OCC(=O)NCC(=O)Nc2ccc(F)cc2)cc1. The normalized spacial score (nSPS) is 10.4. The van der Waals surface area contributed by atoms with Crippen LogP contribution in [0.1, 0.15) is 29.8 Å². The third-order valence-electron chi connectivity index (χ3n) is 3.74. The molecule has 0 fully saturated rings. The van der Waals surface area contributed by atoms with E-state index in [9.17, 15) is 18.8 Å². The van der Waals surface area contributed by atoms with E-state index < -0.39 is 30.2 Å². The summed E-state index contributed by atoms with van der Waals surface area (Å²) in [5.74, 6) is -1.59. The summed E-state index contributed by atoms with van der Waals surface area (Å²) < 4.78 is 17.8. The van der Waals surface area contributed by atoms with E-state index in [0.717, 1.165) is 12.0 Å². The molecular weight excluding hydrogens is 363 g/mol. The van der Waals surface area contributed by atoms with Gasteiger partial charge in [-0.2, -0.15) is 0 Å². The molecule has 0 radical (unpaired) electrons. The first-order valence-electron chi connectivity index (χ1n) is 8.91. The van der Waals surface area contributed by atoms with Crippen molar-refractivity contribution in [2.75, 3.05) is 18.5 Å². The summed E-state index contributed by atoms with van der Waals surface area (Å²) in [6.07, 6.45) is 0.914. The Morgan fingerprint density at radius 3 is 2.21 bits per heavy atom. The van der Waals surface area contributed by atoms with E-state index >= 15 is 0 Å². The fourth-order valence-electron chi connectivity index (χ4n) is 2.43. The van der Waals surface area contributed by atoms with Crippen LogP contribution in [0.5, 0.6) is 0 Å². The number of esters is 1. The zero-order chi connectivity index (χ0) is 20.5. The summed E-state index contributed by atoms with van der Waals surface area (Å²) >= 11 is 0. The minimum Gasteiger partial charge on any atom is -0.452 e. The number of anilines is 1. The summed E-state index contributed by atoms with van der Waals surface area (Å²) in [4.78, 5) is 35.5. The number of carbonyl (C=O) groups excluding carboxylic acids is 3. The van der Waals surface area contributed by atoms with Gasteiger partial charge < -0.3 is 15.4 Å². The largest absolute Gasteiger partial charge is 0.452 e. The maximum atomic E-state index is 12.8. The lowest BCUT2D eigenvalue weighted by atomic mass is 10.0. The Labute approximate surface area is 163 Å². The lowest BCUT2D eigenvalue weighted by Crippen LogP contribution is -2.35. The highest BCUT2D eigenvalue weighted by molar-refractivity contribution is 5.95. The molecule has 2 rings (SSSR count). The molecule has 0 aliphatic carbocycles. The first-order chi connectivity index (χ1) is 13.3. The molecule has 2 amide bonds. The molecule has 6 nitrogen and oxygen atoms in total. The Kier molecular flexibility index (Phi) is 7.68. The summed E-state index contributed by atoms with van der Waals surface area (Å²) in [6.45, 7) is 3.44.